The van der Waals surface area contributed by atoms with Gasteiger partial charge >= 0.3 is 11.9 Å². The molecule has 11 nitrogen and oxygen atoms in total. The Bertz CT molecular complexity index is 1530. The number of carbonyl (C=O) groups excluding carboxylic acids is 2. The molecule has 2 saturated heterocycles. The molecule has 4 atom stereocenters. The number of benzene rings is 2. The van der Waals surface area contributed by atoms with Gasteiger partial charge in [-0.25, -0.2) is 4.68 Å². The number of hydrogen-bond acceptors (Lipinski definition) is 6. The Balaban J connectivity index is 1.62. The number of nitrogens with one attached hydrogen (secondary N) is 1. The normalized spacial score (nSPS) is 24.3. The largest absolute Gasteiger partial charge is 0.481 e. The fourth-order valence-electron chi connectivity index (χ4n) is 6.04. The number of aromatic nitrogens is 2. The van der Waals surface area contributed by atoms with E-state index in [1.807, 2.05) is 30.3 Å². The van der Waals surface area contributed by atoms with E-state index in [0.717, 1.165) is 10.5 Å². The van der Waals surface area contributed by atoms with Crippen LogP contribution >= 0.6 is 0 Å². The van der Waals surface area contributed by atoms with E-state index in [4.69, 9.17) is 0 Å². The van der Waals surface area contributed by atoms with Gasteiger partial charge in [-0.05, 0) is 31.0 Å². The molecule has 3 N–H and O–H groups in total. The molecule has 2 aliphatic rings. The molecule has 1 aromatic heterocycles. The van der Waals surface area contributed by atoms with Crippen LogP contribution in [-0.2, 0) is 32.6 Å². The van der Waals surface area contributed by atoms with Crippen molar-refractivity contribution in [1.29, 1.82) is 0 Å². The molecule has 0 saturated carbocycles. The number of hydrogen-bond donors (Lipinski definition) is 3. The Morgan fingerprint density at radius 3 is 2.15 bits per heavy atom. The molecule has 2 amide bonds. The highest BCUT2D eigenvalue weighted by atomic mass is 16.4. The first-order chi connectivity index (χ1) is 18.6. The Labute approximate surface area is 223 Å². The molecule has 2 aliphatic heterocycles. The Morgan fingerprint density at radius 1 is 0.949 bits per heavy atom. The van der Waals surface area contributed by atoms with Crippen LogP contribution in [-0.4, -0.2) is 60.3 Å². The summed E-state index contributed by atoms with van der Waals surface area (Å²) in [5, 5.41) is 22.8. The highest BCUT2D eigenvalue weighted by Crippen LogP contribution is 2.50. The Morgan fingerprint density at radius 2 is 1.56 bits per heavy atom. The van der Waals surface area contributed by atoms with Gasteiger partial charge < -0.3 is 10.2 Å². The van der Waals surface area contributed by atoms with Crippen molar-refractivity contribution in [3.8, 4) is 5.69 Å². The van der Waals surface area contributed by atoms with Gasteiger partial charge in [0, 0.05) is 19.3 Å². The van der Waals surface area contributed by atoms with E-state index in [0.29, 0.717) is 17.8 Å². The minimum absolute atomic E-state index is 0.00614. The van der Waals surface area contributed by atoms with Crippen LogP contribution in [0.4, 0.5) is 0 Å². The maximum Gasteiger partial charge on any atom is 0.325 e. The maximum absolute atomic E-state index is 13.8. The highest BCUT2D eigenvalue weighted by molar-refractivity contribution is 6.10. The average molecular weight is 533 g/mol. The molecule has 4 unspecified atom stereocenters. The van der Waals surface area contributed by atoms with E-state index >= 15 is 0 Å². The molecule has 5 rings (SSSR count). The number of carbonyl (C=O) groups is 4. The zero-order valence-electron chi connectivity index (χ0n) is 21.4. The number of imide groups is 1. The first-order valence-electron chi connectivity index (χ1n) is 12.5. The zero-order chi connectivity index (χ0) is 28.1. The van der Waals surface area contributed by atoms with E-state index in [2.05, 4.69) is 5.32 Å². The molecule has 0 aliphatic carbocycles. The van der Waals surface area contributed by atoms with E-state index < -0.39 is 59.1 Å². The van der Waals surface area contributed by atoms with Crippen molar-refractivity contribution in [1.82, 2.24) is 19.6 Å². The van der Waals surface area contributed by atoms with Crippen LogP contribution < -0.4 is 10.9 Å². The first-order valence-corrected chi connectivity index (χ1v) is 12.5. The number of likely N-dealkylation sites (tertiary alicyclic amines) is 1. The molecule has 2 aromatic carbocycles. The molecular weight excluding hydrogens is 504 g/mol. The van der Waals surface area contributed by atoms with Gasteiger partial charge in [0.2, 0.25) is 11.8 Å². The van der Waals surface area contributed by atoms with Gasteiger partial charge in [-0.3, -0.25) is 38.9 Å². The molecule has 202 valence electrons. The lowest BCUT2D eigenvalue weighted by Gasteiger charge is -2.29. The van der Waals surface area contributed by atoms with Gasteiger partial charge in [0.25, 0.3) is 5.56 Å². The number of carboxylic acids is 2. The number of amides is 2. The summed E-state index contributed by atoms with van der Waals surface area (Å²) in [4.78, 5) is 66.8. The van der Waals surface area contributed by atoms with Crippen LogP contribution in [0.25, 0.3) is 5.69 Å². The number of fused-ring (bicyclic) bond motifs is 1. The summed E-state index contributed by atoms with van der Waals surface area (Å²) in [7, 11) is 1.66. The van der Waals surface area contributed by atoms with Gasteiger partial charge in [0.15, 0.2) is 0 Å². The van der Waals surface area contributed by atoms with E-state index in [1.165, 1.54) is 4.68 Å². The third kappa shape index (κ3) is 4.06. The lowest BCUT2D eigenvalue weighted by Crippen LogP contribution is -2.57. The van der Waals surface area contributed by atoms with Gasteiger partial charge in [0.1, 0.15) is 5.54 Å². The average Bonchev–Trinajstić information content (AvgIpc) is 3.45. The van der Waals surface area contributed by atoms with Crippen molar-refractivity contribution in [3.05, 3.63) is 87.8 Å². The van der Waals surface area contributed by atoms with Crippen LogP contribution in [0.15, 0.2) is 65.5 Å². The number of carboxylic acid groups (broad SMARTS) is 2. The van der Waals surface area contributed by atoms with Crippen molar-refractivity contribution in [2.75, 3.05) is 6.54 Å². The predicted octanol–water partition coefficient (Wildman–Crippen LogP) is 1.27. The van der Waals surface area contributed by atoms with Crippen LogP contribution in [0.5, 0.6) is 0 Å². The van der Waals surface area contributed by atoms with Gasteiger partial charge in [0.05, 0.1) is 35.5 Å². The SMILES string of the molecule is Cc1c(C2NC(CC(=O)O)(C(=O)O)C3C(=O)N(CCc4ccccc4)C(=O)C23)c(=O)n(-c2ccccc2)n1C. The molecule has 3 heterocycles. The number of para-hydroxylation sites is 1. The summed E-state index contributed by atoms with van der Waals surface area (Å²) in [5.41, 5.74) is -0.749. The van der Waals surface area contributed by atoms with Crippen molar-refractivity contribution < 1.29 is 29.4 Å². The fraction of sp³-hybridized carbons (Fsp3) is 0.321. The fourth-order valence-corrected chi connectivity index (χ4v) is 6.04. The maximum atomic E-state index is 13.8. The summed E-state index contributed by atoms with van der Waals surface area (Å²) in [6.45, 7) is 1.67. The van der Waals surface area contributed by atoms with Crippen molar-refractivity contribution in [2.45, 2.75) is 31.3 Å². The lowest BCUT2D eigenvalue weighted by molar-refractivity contribution is -0.156. The number of aliphatic carboxylic acids is 2. The van der Waals surface area contributed by atoms with Gasteiger partial charge in [-0.1, -0.05) is 48.5 Å². The quantitative estimate of drug-likeness (QED) is 0.367. The summed E-state index contributed by atoms with van der Waals surface area (Å²) in [6, 6.07) is 16.8. The van der Waals surface area contributed by atoms with Crippen molar-refractivity contribution >= 4 is 23.8 Å². The summed E-state index contributed by atoms with van der Waals surface area (Å²) >= 11 is 0. The molecule has 39 heavy (non-hydrogen) atoms. The topological polar surface area (TPSA) is 151 Å². The van der Waals surface area contributed by atoms with Crippen LogP contribution in [0, 0.1) is 18.8 Å². The number of rotatable bonds is 8. The monoisotopic (exact) mass is 532 g/mol. The molecule has 0 radical (unpaired) electrons. The van der Waals surface area contributed by atoms with Crippen LogP contribution in [0.3, 0.4) is 0 Å². The lowest BCUT2D eigenvalue weighted by atomic mass is 9.77. The summed E-state index contributed by atoms with van der Waals surface area (Å²) in [6.07, 6.45) is -0.593. The summed E-state index contributed by atoms with van der Waals surface area (Å²) < 4.78 is 2.99. The predicted molar refractivity (Wildman–Crippen MR) is 138 cm³/mol. The van der Waals surface area contributed by atoms with Crippen molar-refractivity contribution in [2.24, 2.45) is 18.9 Å². The minimum Gasteiger partial charge on any atom is -0.481 e. The van der Waals surface area contributed by atoms with Gasteiger partial charge in [-0.2, -0.15) is 0 Å². The molecule has 0 bridgehead atoms. The minimum atomic E-state index is -2.28. The Kier molecular flexibility index (Phi) is 6.47. The van der Waals surface area contributed by atoms with E-state index in [-0.39, 0.29) is 12.1 Å². The molecule has 11 heteroatoms. The molecule has 2 fully saturated rings. The smallest absolute Gasteiger partial charge is 0.325 e. The van der Waals surface area contributed by atoms with Crippen LogP contribution in [0.1, 0.15) is 29.3 Å². The second-order valence-corrected chi connectivity index (χ2v) is 10.0. The first kappa shape index (κ1) is 26.1. The molecular formula is C28H28N4O7. The number of nitrogens with zero attached hydrogens (tertiary/aromatic N) is 3. The third-order valence-corrected chi connectivity index (χ3v) is 7.93. The second-order valence-electron chi connectivity index (χ2n) is 10.0. The zero-order valence-corrected chi connectivity index (χ0v) is 21.4. The van der Waals surface area contributed by atoms with E-state index in [9.17, 15) is 34.2 Å². The second kappa shape index (κ2) is 9.66. The molecule has 3 aromatic rings. The van der Waals surface area contributed by atoms with Crippen molar-refractivity contribution in [3.63, 3.8) is 0 Å². The van der Waals surface area contributed by atoms with E-state index in [1.54, 1.807) is 49.0 Å². The van der Waals surface area contributed by atoms with Crippen LogP contribution in [0.2, 0.25) is 0 Å². The summed E-state index contributed by atoms with van der Waals surface area (Å²) in [5.74, 6) is -7.15. The Hall–Kier alpha value is -4.51. The molecule has 0 spiro atoms. The highest BCUT2D eigenvalue weighted by Gasteiger charge is 2.69. The van der Waals surface area contributed by atoms with Gasteiger partial charge in [-0.15, -0.1) is 0 Å². The standard InChI is InChI=1S/C28H28N4O7/c1-16-20(25(36)32(30(16)2)18-11-7-4-8-12-18)23-21-22(28(29-23,27(38)39)15-19(33)34)26(37)31(24(21)35)14-13-17-9-5-3-6-10-17/h3-12,21-23,29H,13-15H2,1-2H3,(H,33,34)(H,38,39). The third-order valence-electron chi connectivity index (χ3n) is 7.93.